The van der Waals surface area contributed by atoms with Crippen LogP contribution in [0.25, 0.3) is 12.2 Å². The van der Waals surface area contributed by atoms with Crippen molar-refractivity contribution in [3.8, 4) is 23.0 Å². The van der Waals surface area contributed by atoms with Crippen LogP contribution >= 0.6 is 24.0 Å². The first-order chi connectivity index (χ1) is 13.9. The molecule has 0 radical (unpaired) electrons. The van der Waals surface area contributed by atoms with E-state index in [0.29, 0.717) is 17.9 Å². The Morgan fingerprint density at radius 1 is 1.00 bits per heavy atom. The highest BCUT2D eigenvalue weighted by molar-refractivity contribution is 8.22. The van der Waals surface area contributed by atoms with Crippen molar-refractivity contribution in [2.24, 2.45) is 0 Å². The lowest BCUT2D eigenvalue weighted by atomic mass is 10.1. The Balaban J connectivity index is 1.83. The van der Waals surface area contributed by atoms with E-state index in [4.69, 9.17) is 17.0 Å². The zero-order valence-electron chi connectivity index (χ0n) is 16.7. The lowest BCUT2D eigenvalue weighted by Gasteiger charge is -2.20. The van der Waals surface area contributed by atoms with Crippen molar-refractivity contribution >= 4 is 40.5 Å². The summed E-state index contributed by atoms with van der Waals surface area (Å²) in [4.78, 5) is 2.15. The van der Waals surface area contributed by atoms with E-state index >= 15 is 0 Å². The molecule has 0 aliphatic carbocycles. The van der Waals surface area contributed by atoms with Crippen LogP contribution in [0.15, 0.2) is 36.4 Å². The summed E-state index contributed by atoms with van der Waals surface area (Å²) < 4.78 is 6.58. The van der Waals surface area contributed by atoms with Crippen molar-refractivity contribution < 1.29 is 20.1 Å². The molecule has 3 N–H and O–H groups in total. The monoisotopic (exact) mass is 433 g/mol. The van der Waals surface area contributed by atoms with Gasteiger partial charge in [-0.3, -0.25) is 0 Å². The van der Waals surface area contributed by atoms with E-state index in [0.717, 1.165) is 35.1 Å². The fourth-order valence-electron chi connectivity index (χ4n) is 2.64. The van der Waals surface area contributed by atoms with Crippen LogP contribution in [0.5, 0.6) is 23.0 Å². The molecule has 0 aromatic heterocycles. The van der Waals surface area contributed by atoms with Gasteiger partial charge >= 0.3 is 0 Å². The highest BCUT2D eigenvalue weighted by Gasteiger charge is 2.06. The molecule has 2 aromatic carbocycles. The zero-order valence-corrected chi connectivity index (χ0v) is 18.3. The predicted octanol–water partition coefficient (Wildman–Crippen LogP) is 5.10. The van der Waals surface area contributed by atoms with Crippen LogP contribution in [0, 0.1) is 0 Å². The Morgan fingerprint density at radius 2 is 1.66 bits per heavy atom. The molecular formula is C22H27NO4S2. The second-order valence-corrected chi connectivity index (χ2v) is 8.06. The van der Waals surface area contributed by atoms with E-state index < -0.39 is 0 Å². The third kappa shape index (κ3) is 7.51. The van der Waals surface area contributed by atoms with Gasteiger partial charge < -0.3 is 25.0 Å². The van der Waals surface area contributed by atoms with Gasteiger partial charge in [-0.1, -0.05) is 42.2 Å². The Labute approximate surface area is 181 Å². The maximum Gasteiger partial charge on any atom is 0.160 e. The third-order valence-corrected chi connectivity index (χ3v) is 5.78. The minimum Gasteiger partial charge on any atom is -0.508 e. The fraction of sp³-hybridized carbons (Fsp3) is 0.318. The summed E-state index contributed by atoms with van der Waals surface area (Å²) in [6, 6.07) is 9.51. The molecule has 7 heteroatoms. The van der Waals surface area contributed by atoms with Crippen molar-refractivity contribution in [1.29, 1.82) is 0 Å². The summed E-state index contributed by atoms with van der Waals surface area (Å²) in [6.45, 7) is 6.52. The van der Waals surface area contributed by atoms with Crippen LogP contribution in [0.3, 0.4) is 0 Å². The van der Waals surface area contributed by atoms with E-state index in [-0.39, 0.29) is 17.2 Å². The molecular weight excluding hydrogens is 406 g/mol. The van der Waals surface area contributed by atoms with E-state index in [1.165, 1.54) is 18.2 Å². The first kappa shape index (κ1) is 22.9. The topological polar surface area (TPSA) is 73.2 Å². The van der Waals surface area contributed by atoms with Crippen LogP contribution in [0.1, 0.15) is 31.4 Å². The Bertz CT molecular complexity index is 830. The van der Waals surface area contributed by atoms with Crippen LogP contribution in [-0.4, -0.2) is 50.0 Å². The first-order valence-electron chi connectivity index (χ1n) is 9.51. The Kier molecular flexibility index (Phi) is 9.15. The van der Waals surface area contributed by atoms with Gasteiger partial charge in [0.1, 0.15) is 15.8 Å². The number of aromatic hydroxyl groups is 3. The summed E-state index contributed by atoms with van der Waals surface area (Å²) in [5, 5.41) is 29.2. The molecule has 0 aliphatic rings. The highest BCUT2D eigenvalue weighted by Crippen LogP contribution is 2.28. The van der Waals surface area contributed by atoms with E-state index in [1.54, 1.807) is 36.0 Å². The van der Waals surface area contributed by atoms with E-state index in [2.05, 4.69) is 18.7 Å². The fourth-order valence-corrected chi connectivity index (χ4v) is 4.03. The Hall–Kier alpha value is -2.38. The average Bonchev–Trinajstić information content (AvgIpc) is 2.67. The van der Waals surface area contributed by atoms with Crippen molar-refractivity contribution in [3.05, 3.63) is 47.5 Å². The van der Waals surface area contributed by atoms with Crippen LogP contribution in [0.4, 0.5) is 0 Å². The Morgan fingerprint density at radius 3 is 2.28 bits per heavy atom. The molecule has 0 bridgehead atoms. The van der Waals surface area contributed by atoms with Crippen LogP contribution in [0.2, 0.25) is 0 Å². The maximum absolute atomic E-state index is 10.2. The normalized spacial score (nSPS) is 11.0. The van der Waals surface area contributed by atoms with Crippen molar-refractivity contribution in [3.63, 3.8) is 0 Å². The van der Waals surface area contributed by atoms with Gasteiger partial charge in [-0.15, -0.1) is 0 Å². The summed E-state index contributed by atoms with van der Waals surface area (Å²) in [6.07, 6.45) is 4.35. The lowest BCUT2D eigenvalue weighted by molar-refractivity contribution is 0.300. The van der Waals surface area contributed by atoms with Crippen LogP contribution in [-0.2, 0) is 0 Å². The molecule has 0 fully saturated rings. The second-order valence-electron chi connectivity index (χ2n) is 6.33. The van der Waals surface area contributed by atoms with Crippen LogP contribution < -0.4 is 4.74 Å². The zero-order chi connectivity index (χ0) is 21.2. The molecule has 0 saturated heterocycles. The van der Waals surface area contributed by atoms with Gasteiger partial charge in [0.2, 0.25) is 0 Å². The maximum atomic E-state index is 10.2. The second kappa shape index (κ2) is 11.6. The number of thioether (sulfide) groups is 1. The number of hydrogen-bond acceptors (Lipinski definition) is 6. The van der Waals surface area contributed by atoms with E-state index in [1.807, 2.05) is 6.07 Å². The highest BCUT2D eigenvalue weighted by atomic mass is 32.2. The minimum atomic E-state index is -0.00716. The molecule has 0 spiro atoms. The van der Waals surface area contributed by atoms with Gasteiger partial charge in [0, 0.05) is 24.9 Å². The number of phenols is 3. The number of thiocarbonyl (C=S) groups is 1. The predicted molar refractivity (Wildman–Crippen MR) is 125 cm³/mol. The number of phenolic OH excluding ortho intramolecular Hbond substituents is 3. The minimum absolute atomic E-state index is 0.00716. The first-order valence-corrected chi connectivity index (χ1v) is 10.9. The molecule has 29 heavy (non-hydrogen) atoms. The number of nitrogens with zero attached hydrogens (tertiary/aromatic N) is 1. The molecule has 2 aromatic rings. The lowest BCUT2D eigenvalue weighted by Crippen LogP contribution is -2.26. The van der Waals surface area contributed by atoms with Gasteiger partial charge in [-0.2, -0.15) is 0 Å². The van der Waals surface area contributed by atoms with Crippen molar-refractivity contribution in [2.45, 2.75) is 20.3 Å². The molecule has 5 nitrogen and oxygen atoms in total. The summed E-state index contributed by atoms with van der Waals surface area (Å²) >= 11 is 7.05. The molecule has 156 valence electrons. The van der Waals surface area contributed by atoms with Gasteiger partial charge in [-0.05, 0) is 55.7 Å². The summed E-state index contributed by atoms with van der Waals surface area (Å²) in [5.74, 6) is 1.36. The molecule has 0 unspecified atom stereocenters. The average molecular weight is 434 g/mol. The molecule has 0 heterocycles. The quantitative estimate of drug-likeness (QED) is 0.288. The smallest absolute Gasteiger partial charge is 0.160 e. The molecule has 0 amide bonds. The van der Waals surface area contributed by atoms with Gasteiger partial charge in [0.05, 0.1) is 6.61 Å². The van der Waals surface area contributed by atoms with Gasteiger partial charge in [-0.25, -0.2) is 0 Å². The van der Waals surface area contributed by atoms with Crippen molar-refractivity contribution in [1.82, 2.24) is 4.90 Å². The molecule has 0 atom stereocenters. The number of ether oxygens (including phenoxy) is 1. The van der Waals surface area contributed by atoms with Gasteiger partial charge in [0.15, 0.2) is 11.5 Å². The number of benzene rings is 2. The van der Waals surface area contributed by atoms with Gasteiger partial charge in [0.25, 0.3) is 0 Å². The standard InChI is InChI=1S/C22H27NO4S2/c1-3-23(4-2)22(28)29-11-5-10-27-21-9-8-16(14-20(21)26)6-7-17-12-18(24)15-19(25)13-17/h6-9,12-15,24-26H,3-5,10-11H2,1-2H3/b7-6+. The molecule has 2 rings (SSSR count). The summed E-state index contributed by atoms with van der Waals surface area (Å²) in [5.41, 5.74) is 1.43. The molecule has 0 aliphatic heterocycles. The number of rotatable bonds is 9. The largest absolute Gasteiger partial charge is 0.508 e. The van der Waals surface area contributed by atoms with E-state index in [9.17, 15) is 15.3 Å². The SMILES string of the molecule is CCN(CC)C(=S)SCCCOc1ccc(/C=C/c2cc(O)cc(O)c2)cc1O. The number of hydrogen-bond donors (Lipinski definition) is 3. The third-order valence-electron chi connectivity index (χ3n) is 4.17. The van der Waals surface area contributed by atoms with Crippen molar-refractivity contribution in [2.75, 3.05) is 25.4 Å². The molecule has 0 saturated carbocycles. The summed E-state index contributed by atoms with van der Waals surface area (Å²) in [7, 11) is 0.